The molecule has 0 aromatic carbocycles. The van der Waals surface area contributed by atoms with Crippen LogP contribution < -0.4 is 5.32 Å². The number of nitrogens with one attached hydrogen (secondary N) is 1. The predicted octanol–water partition coefficient (Wildman–Crippen LogP) is 3.30. The lowest BCUT2D eigenvalue weighted by atomic mass is 9.90. The molecule has 1 aromatic rings. The summed E-state index contributed by atoms with van der Waals surface area (Å²) in [7, 11) is 0. The first kappa shape index (κ1) is 14.0. The number of rotatable bonds is 5. The van der Waals surface area contributed by atoms with Crippen LogP contribution in [0.2, 0.25) is 0 Å². The molecule has 1 aromatic heterocycles. The normalized spacial score (nSPS) is 21.0. The number of hydrogen-bond donors (Lipinski definition) is 1. The van der Waals surface area contributed by atoms with Crippen LogP contribution in [0.1, 0.15) is 44.2 Å². The van der Waals surface area contributed by atoms with Crippen LogP contribution in [0.15, 0.2) is 11.4 Å². The Balaban J connectivity index is 1.99. The summed E-state index contributed by atoms with van der Waals surface area (Å²) in [5.41, 5.74) is 1.91. The van der Waals surface area contributed by atoms with Crippen molar-refractivity contribution in [2.75, 3.05) is 26.2 Å². The van der Waals surface area contributed by atoms with Crippen molar-refractivity contribution < 1.29 is 0 Å². The van der Waals surface area contributed by atoms with Gasteiger partial charge in [0.2, 0.25) is 0 Å². The Kier molecular flexibility index (Phi) is 4.46. The van der Waals surface area contributed by atoms with Crippen molar-refractivity contribution in [2.24, 2.45) is 5.41 Å². The van der Waals surface area contributed by atoms with Gasteiger partial charge in [-0.25, -0.2) is 0 Å². The lowest BCUT2D eigenvalue weighted by Crippen LogP contribution is -2.43. The first-order valence-electron chi connectivity index (χ1n) is 7.04. The van der Waals surface area contributed by atoms with Crippen LogP contribution in [-0.2, 0) is 6.42 Å². The van der Waals surface area contributed by atoms with Crippen molar-refractivity contribution in [1.29, 1.82) is 0 Å². The van der Waals surface area contributed by atoms with Crippen LogP contribution in [0.3, 0.4) is 0 Å². The fourth-order valence-electron chi connectivity index (χ4n) is 2.85. The Labute approximate surface area is 115 Å². The maximum Gasteiger partial charge on any atom is 0.0331 e. The molecular formula is C15H26N2S. The predicted molar refractivity (Wildman–Crippen MR) is 80.3 cm³/mol. The Bertz CT molecular complexity index is 384. The molecule has 0 radical (unpaired) electrons. The van der Waals surface area contributed by atoms with E-state index in [0.717, 1.165) is 13.1 Å². The van der Waals surface area contributed by atoms with Crippen LogP contribution in [0, 0.1) is 5.41 Å². The van der Waals surface area contributed by atoms with Gasteiger partial charge in [-0.1, -0.05) is 20.8 Å². The van der Waals surface area contributed by atoms with Gasteiger partial charge in [-0.05, 0) is 42.3 Å². The van der Waals surface area contributed by atoms with Gasteiger partial charge in [0.15, 0.2) is 0 Å². The van der Waals surface area contributed by atoms with Gasteiger partial charge in [0, 0.05) is 30.6 Å². The molecule has 0 amide bonds. The van der Waals surface area contributed by atoms with E-state index in [1.54, 1.807) is 10.4 Å². The van der Waals surface area contributed by atoms with Gasteiger partial charge in [-0.15, -0.1) is 11.3 Å². The third kappa shape index (κ3) is 3.14. The second-order valence-electron chi connectivity index (χ2n) is 6.14. The number of hydrogen-bond acceptors (Lipinski definition) is 3. The van der Waals surface area contributed by atoms with Gasteiger partial charge in [-0.3, -0.25) is 4.90 Å². The molecule has 1 aliphatic heterocycles. The summed E-state index contributed by atoms with van der Waals surface area (Å²) in [6, 6.07) is 2.90. The van der Waals surface area contributed by atoms with Crippen molar-refractivity contribution >= 4 is 11.3 Å². The molecule has 2 nitrogen and oxygen atoms in total. The van der Waals surface area contributed by atoms with Crippen LogP contribution in [-0.4, -0.2) is 31.1 Å². The van der Waals surface area contributed by atoms with Crippen molar-refractivity contribution in [3.63, 3.8) is 0 Å². The molecule has 2 rings (SSSR count). The number of fused-ring (bicyclic) bond motifs is 1. The minimum atomic E-state index is 0.345. The van der Waals surface area contributed by atoms with E-state index in [1.165, 1.54) is 19.5 Å². The molecule has 0 bridgehead atoms. The first-order chi connectivity index (χ1) is 8.53. The van der Waals surface area contributed by atoms with E-state index in [1.807, 2.05) is 11.3 Å². The largest absolute Gasteiger partial charge is 0.316 e. The van der Waals surface area contributed by atoms with Crippen LogP contribution in [0.25, 0.3) is 0 Å². The highest BCUT2D eigenvalue weighted by atomic mass is 32.1. The highest BCUT2D eigenvalue weighted by Gasteiger charge is 2.29. The quantitative estimate of drug-likeness (QED) is 0.879. The van der Waals surface area contributed by atoms with Crippen LogP contribution in [0.5, 0.6) is 0 Å². The molecule has 102 valence electrons. The van der Waals surface area contributed by atoms with Gasteiger partial charge in [0.25, 0.3) is 0 Å². The number of thiophene rings is 1. The van der Waals surface area contributed by atoms with Crippen molar-refractivity contribution in [3.05, 3.63) is 21.9 Å². The third-order valence-corrected chi connectivity index (χ3v) is 4.88. The molecule has 0 saturated heterocycles. The highest BCUT2D eigenvalue weighted by Crippen LogP contribution is 2.34. The minimum absolute atomic E-state index is 0.345. The van der Waals surface area contributed by atoms with Crippen molar-refractivity contribution in [3.8, 4) is 0 Å². The SMILES string of the molecule is CCNCC(C)(C)CN1CCc2sccc2C1C. The molecular weight excluding hydrogens is 240 g/mol. The monoisotopic (exact) mass is 266 g/mol. The van der Waals surface area contributed by atoms with E-state index >= 15 is 0 Å². The minimum Gasteiger partial charge on any atom is -0.316 e. The third-order valence-electron chi connectivity index (χ3n) is 3.89. The van der Waals surface area contributed by atoms with E-state index in [2.05, 4.69) is 49.4 Å². The van der Waals surface area contributed by atoms with E-state index in [4.69, 9.17) is 0 Å². The Morgan fingerprint density at radius 3 is 3.00 bits per heavy atom. The molecule has 2 heterocycles. The summed E-state index contributed by atoms with van der Waals surface area (Å²) in [5, 5.41) is 5.73. The summed E-state index contributed by atoms with van der Waals surface area (Å²) >= 11 is 1.92. The zero-order chi connectivity index (χ0) is 13.2. The molecule has 0 saturated carbocycles. The second kappa shape index (κ2) is 5.72. The summed E-state index contributed by atoms with van der Waals surface area (Å²) in [5.74, 6) is 0. The highest BCUT2D eigenvalue weighted by molar-refractivity contribution is 7.10. The van der Waals surface area contributed by atoms with Gasteiger partial charge < -0.3 is 5.32 Å². The van der Waals surface area contributed by atoms with E-state index in [0.29, 0.717) is 11.5 Å². The standard InChI is InChI=1S/C15H26N2S/c1-5-16-10-15(3,4)11-17-8-6-14-13(12(17)2)7-9-18-14/h7,9,12,16H,5-6,8,10-11H2,1-4H3. The Morgan fingerprint density at radius 1 is 1.50 bits per heavy atom. The maximum atomic E-state index is 3.48. The molecule has 18 heavy (non-hydrogen) atoms. The lowest BCUT2D eigenvalue weighted by molar-refractivity contribution is 0.128. The zero-order valence-corrected chi connectivity index (χ0v) is 12.9. The second-order valence-corrected chi connectivity index (χ2v) is 7.14. The molecule has 1 aliphatic rings. The van der Waals surface area contributed by atoms with Gasteiger partial charge in [0.1, 0.15) is 0 Å². The molecule has 0 aliphatic carbocycles. The summed E-state index contributed by atoms with van der Waals surface area (Å²) in [4.78, 5) is 4.25. The molecule has 1 unspecified atom stereocenters. The Morgan fingerprint density at radius 2 is 2.28 bits per heavy atom. The van der Waals surface area contributed by atoms with E-state index in [-0.39, 0.29) is 0 Å². The van der Waals surface area contributed by atoms with Crippen molar-refractivity contribution in [1.82, 2.24) is 10.2 Å². The summed E-state index contributed by atoms with van der Waals surface area (Å²) < 4.78 is 0. The fourth-order valence-corrected chi connectivity index (χ4v) is 3.81. The zero-order valence-electron chi connectivity index (χ0n) is 12.1. The lowest BCUT2D eigenvalue weighted by Gasteiger charge is -2.39. The molecule has 1 atom stereocenters. The van der Waals surface area contributed by atoms with Gasteiger partial charge >= 0.3 is 0 Å². The number of nitrogens with zero attached hydrogens (tertiary/aromatic N) is 1. The van der Waals surface area contributed by atoms with Gasteiger partial charge in [0.05, 0.1) is 0 Å². The van der Waals surface area contributed by atoms with Crippen molar-refractivity contribution in [2.45, 2.75) is 40.2 Å². The first-order valence-corrected chi connectivity index (χ1v) is 7.92. The summed E-state index contributed by atoms with van der Waals surface area (Å²) in [6.45, 7) is 13.8. The maximum absolute atomic E-state index is 3.48. The average molecular weight is 266 g/mol. The smallest absolute Gasteiger partial charge is 0.0331 e. The molecule has 0 fully saturated rings. The fraction of sp³-hybridized carbons (Fsp3) is 0.733. The molecule has 1 N–H and O–H groups in total. The molecule has 3 heteroatoms. The van der Waals surface area contributed by atoms with Gasteiger partial charge in [-0.2, -0.15) is 0 Å². The topological polar surface area (TPSA) is 15.3 Å². The summed E-state index contributed by atoms with van der Waals surface area (Å²) in [6.07, 6.45) is 1.23. The van der Waals surface area contributed by atoms with E-state index < -0.39 is 0 Å². The van der Waals surface area contributed by atoms with E-state index in [9.17, 15) is 0 Å². The molecule has 0 spiro atoms. The van der Waals surface area contributed by atoms with Crippen LogP contribution in [0.4, 0.5) is 0 Å². The average Bonchev–Trinajstić information content (AvgIpc) is 2.79. The van der Waals surface area contributed by atoms with Crippen LogP contribution >= 0.6 is 11.3 Å². The Hall–Kier alpha value is -0.380.